The molecule has 0 unspecified atom stereocenters. The van der Waals surface area contributed by atoms with Crippen molar-refractivity contribution in [1.82, 2.24) is 4.90 Å². The highest BCUT2D eigenvalue weighted by Crippen LogP contribution is 2.09. The smallest absolute Gasteiger partial charge is 0.128 e. The van der Waals surface area contributed by atoms with Crippen LogP contribution in [0.4, 0.5) is 0 Å². The first kappa shape index (κ1) is 7.63. The Morgan fingerprint density at radius 1 is 1.50 bits per heavy atom. The fourth-order valence-corrected chi connectivity index (χ4v) is 1.24. The number of hydrogen-bond donors (Lipinski definition) is 2. The second-order valence-corrected chi connectivity index (χ2v) is 2.56. The third-order valence-electron chi connectivity index (χ3n) is 1.82. The monoisotopic (exact) mass is 143 g/mol. The molecule has 58 valence electrons. The average molecular weight is 143 g/mol. The van der Waals surface area contributed by atoms with Gasteiger partial charge in [-0.1, -0.05) is 0 Å². The Morgan fingerprint density at radius 3 is 2.60 bits per heavy atom. The topological polar surface area (TPSA) is 59.7 Å². The van der Waals surface area contributed by atoms with Crippen LogP contribution in [0.3, 0.4) is 0 Å². The van der Waals surface area contributed by atoms with Gasteiger partial charge in [0.15, 0.2) is 0 Å². The van der Waals surface area contributed by atoms with Crippen LogP contribution in [0.1, 0.15) is 12.8 Å². The van der Waals surface area contributed by atoms with E-state index in [1.165, 1.54) is 0 Å². The van der Waals surface area contributed by atoms with Crippen LogP contribution in [0.25, 0.3) is 0 Å². The standard InChI is InChI=1S/C6H13N3O/c7-8-5-6(10)9-3-1-2-4-9/h6-7,10H,1-5H2/t6-/m1/s1. The molecule has 0 aromatic carbocycles. The van der Waals surface area contributed by atoms with Crippen LogP contribution < -0.4 is 0 Å². The zero-order valence-electron chi connectivity index (χ0n) is 5.95. The summed E-state index contributed by atoms with van der Waals surface area (Å²) in [6.45, 7) is 2.13. The summed E-state index contributed by atoms with van der Waals surface area (Å²) in [6.07, 6.45) is 1.81. The van der Waals surface area contributed by atoms with Crippen LogP contribution in [0.5, 0.6) is 0 Å². The van der Waals surface area contributed by atoms with Gasteiger partial charge in [0, 0.05) is 13.1 Å². The predicted octanol–water partition coefficient (Wildman–Crippen LogP) is 0.432. The van der Waals surface area contributed by atoms with Gasteiger partial charge in [0.1, 0.15) is 6.23 Å². The molecule has 0 spiro atoms. The van der Waals surface area contributed by atoms with Crippen LogP contribution in [0.2, 0.25) is 0 Å². The minimum Gasteiger partial charge on any atom is -0.376 e. The normalized spacial score (nSPS) is 22.9. The molecular weight excluding hydrogens is 130 g/mol. The van der Waals surface area contributed by atoms with Gasteiger partial charge in [-0.15, -0.1) is 0 Å². The van der Waals surface area contributed by atoms with Gasteiger partial charge in [0.25, 0.3) is 0 Å². The summed E-state index contributed by atoms with van der Waals surface area (Å²) in [5, 5.41) is 12.4. The first-order valence-electron chi connectivity index (χ1n) is 3.60. The van der Waals surface area contributed by atoms with Gasteiger partial charge in [-0.3, -0.25) is 4.90 Å². The molecule has 1 aliphatic heterocycles. The number of hydrogen-bond acceptors (Lipinski definition) is 4. The van der Waals surface area contributed by atoms with Gasteiger partial charge in [-0.05, 0) is 12.8 Å². The SMILES string of the molecule is N=NC[C@@H](O)N1CCCC1. The lowest BCUT2D eigenvalue weighted by molar-refractivity contribution is 0.0272. The largest absolute Gasteiger partial charge is 0.376 e. The summed E-state index contributed by atoms with van der Waals surface area (Å²) in [5.41, 5.74) is 6.54. The number of aliphatic hydroxyl groups excluding tert-OH is 1. The van der Waals surface area contributed by atoms with E-state index >= 15 is 0 Å². The van der Waals surface area contributed by atoms with Crippen molar-refractivity contribution in [1.29, 1.82) is 5.53 Å². The Bertz CT molecular complexity index is 112. The fraction of sp³-hybridized carbons (Fsp3) is 1.00. The summed E-state index contributed by atoms with van der Waals surface area (Å²) in [5.74, 6) is 0. The average Bonchev–Trinajstić information content (AvgIpc) is 2.38. The van der Waals surface area contributed by atoms with E-state index in [0.29, 0.717) is 0 Å². The highest BCUT2D eigenvalue weighted by atomic mass is 16.3. The van der Waals surface area contributed by atoms with Gasteiger partial charge < -0.3 is 5.11 Å². The van der Waals surface area contributed by atoms with Gasteiger partial charge >= 0.3 is 0 Å². The Morgan fingerprint density at radius 2 is 2.10 bits per heavy atom. The lowest BCUT2D eigenvalue weighted by Gasteiger charge is -2.19. The molecule has 1 rings (SSSR count). The van der Waals surface area contributed by atoms with E-state index in [2.05, 4.69) is 5.11 Å². The van der Waals surface area contributed by atoms with Crippen LogP contribution >= 0.6 is 0 Å². The zero-order valence-corrected chi connectivity index (χ0v) is 5.95. The maximum atomic E-state index is 9.26. The van der Waals surface area contributed by atoms with Crippen molar-refractivity contribution in [3.8, 4) is 0 Å². The summed E-state index contributed by atoms with van der Waals surface area (Å²) in [6, 6.07) is 0. The van der Waals surface area contributed by atoms with E-state index in [1.807, 2.05) is 4.90 Å². The molecule has 0 bridgehead atoms. The van der Waals surface area contributed by atoms with Crippen LogP contribution in [-0.2, 0) is 0 Å². The number of likely N-dealkylation sites (tertiary alicyclic amines) is 1. The summed E-state index contributed by atoms with van der Waals surface area (Å²) >= 11 is 0. The molecule has 1 aliphatic rings. The number of nitrogens with zero attached hydrogens (tertiary/aromatic N) is 2. The molecule has 4 heteroatoms. The van der Waals surface area contributed by atoms with E-state index in [0.717, 1.165) is 25.9 Å². The van der Waals surface area contributed by atoms with Crippen molar-refractivity contribution >= 4 is 0 Å². The fourth-order valence-electron chi connectivity index (χ4n) is 1.24. The Kier molecular flexibility index (Phi) is 2.77. The first-order valence-corrected chi connectivity index (χ1v) is 3.60. The Balaban J connectivity index is 2.24. The van der Waals surface area contributed by atoms with Crippen molar-refractivity contribution in [2.45, 2.75) is 19.1 Å². The highest BCUT2D eigenvalue weighted by Gasteiger charge is 2.18. The van der Waals surface area contributed by atoms with Gasteiger partial charge in [-0.2, -0.15) is 5.11 Å². The third-order valence-corrected chi connectivity index (χ3v) is 1.82. The van der Waals surface area contributed by atoms with Crippen LogP contribution in [0, 0.1) is 5.53 Å². The molecule has 1 heterocycles. The van der Waals surface area contributed by atoms with Crippen molar-refractivity contribution in [3.05, 3.63) is 0 Å². The molecule has 0 saturated carbocycles. The molecular formula is C6H13N3O. The second kappa shape index (κ2) is 3.63. The van der Waals surface area contributed by atoms with Gasteiger partial charge in [0.2, 0.25) is 0 Å². The van der Waals surface area contributed by atoms with Crippen molar-refractivity contribution in [2.24, 2.45) is 5.11 Å². The molecule has 0 amide bonds. The van der Waals surface area contributed by atoms with E-state index in [9.17, 15) is 5.11 Å². The molecule has 1 atom stereocenters. The third kappa shape index (κ3) is 1.75. The maximum absolute atomic E-state index is 9.26. The molecule has 1 fully saturated rings. The lowest BCUT2D eigenvalue weighted by Crippen LogP contribution is -2.34. The molecule has 0 radical (unpaired) electrons. The summed E-state index contributed by atoms with van der Waals surface area (Å²) in [4.78, 5) is 1.96. The summed E-state index contributed by atoms with van der Waals surface area (Å²) in [7, 11) is 0. The van der Waals surface area contributed by atoms with Crippen molar-refractivity contribution in [3.63, 3.8) is 0 Å². The van der Waals surface area contributed by atoms with E-state index in [1.54, 1.807) is 0 Å². The number of aliphatic hydroxyl groups is 1. The Hall–Kier alpha value is -0.480. The van der Waals surface area contributed by atoms with Crippen molar-refractivity contribution < 1.29 is 5.11 Å². The van der Waals surface area contributed by atoms with E-state index < -0.39 is 6.23 Å². The molecule has 0 aliphatic carbocycles. The number of nitrogens with one attached hydrogen (secondary N) is 1. The molecule has 0 aromatic rings. The second-order valence-electron chi connectivity index (χ2n) is 2.56. The van der Waals surface area contributed by atoms with Crippen LogP contribution in [-0.4, -0.2) is 35.9 Å². The predicted molar refractivity (Wildman–Crippen MR) is 36.8 cm³/mol. The minimum absolute atomic E-state index is 0.222. The molecule has 0 aromatic heterocycles. The molecule has 2 N–H and O–H groups in total. The minimum atomic E-state index is -0.514. The summed E-state index contributed by atoms with van der Waals surface area (Å²) < 4.78 is 0. The lowest BCUT2D eigenvalue weighted by atomic mass is 10.4. The molecule has 1 saturated heterocycles. The molecule has 10 heavy (non-hydrogen) atoms. The van der Waals surface area contributed by atoms with Crippen LogP contribution in [0.15, 0.2) is 5.11 Å². The van der Waals surface area contributed by atoms with Gasteiger partial charge in [-0.25, -0.2) is 5.53 Å². The Labute approximate surface area is 60.3 Å². The highest BCUT2D eigenvalue weighted by molar-refractivity contribution is 4.69. The van der Waals surface area contributed by atoms with Crippen molar-refractivity contribution in [2.75, 3.05) is 19.6 Å². The van der Waals surface area contributed by atoms with E-state index in [-0.39, 0.29) is 6.54 Å². The quantitative estimate of drug-likeness (QED) is 0.563. The number of rotatable bonds is 3. The maximum Gasteiger partial charge on any atom is 0.128 e. The van der Waals surface area contributed by atoms with E-state index in [4.69, 9.17) is 5.53 Å². The molecule has 4 nitrogen and oxygen atoms in total. The van der Waals surface area contributed by atoms with Gasteiger partial charge in [0.05, 0.1) is 6.54 Å². The zero-order chi connectivity index (χ0) is 7.40. The first-order chi connectivity index (χ1) is 4.84.